The van der Waals surface area contributed by atoms with Gasteiger partial charge in [0.05, 0.1) is 0 Å². The molecule has 0 aliphatic heterocycles. The standard InChI is InChI=1S/C19H36/c1-17-10-9-13-19(15-14-17)16-18-11-7-5-3-2-4-6-8-12-18/h17-19H,2-16H2,1H3. The van der Waals surface area contributed by atoms with Crippen molar-refractivity contribution in [3.8, 4) is 0 Å². The highest BCUT2D eigenvalue weighted by Gasteiger charge is 2.20. The van der Waals surface area contributed by atoms with Gasteiger partial charge in [-0.15, -0.1) is 0 Å². The Morgan fingerprint density at radius 3 is 1.74 bits per heavy atom. The highest BCUT2D eigenvalue weighted by molar-refractivity contribution is 4.72. The molecule has 0 heterocycles. The first-order valence-corrected chi connectivity index (χ1v) is 9.34. The summed E-state index contributed by atoms with van der Waals surface area (Å²) in [5.74, 6) is 3.17. The molecule has 0 saturated heterocycles. The Bertz CT molecular complexity index is 210. The molecule has 19 heavy (non-hydrogen) atoms. The van der Waals surface area contributed by atoms with Gasteiger partial charge >= 0.3 is 0 Å². The minimum absolute atomic E-state index is 1.01. The van der Waals surface area contributed by atoms with Gasteiger partial charge in [0.15, 0.2) is 0 Å². The summed E-state index contributed by atoms with van der Waals surface area (Å²) in [5.41, 5.74) is 0. The Kier molecular flexibility index (Phi) is 7.32. The predicted molar refractivity (Wildman–Crippen MR) is 85.4 cm³/mol. The van der Waals surface area contributed by atoms with E-state index in [4.69, 9.17) is 0 Å². The maximum absolute atomic E-state index is 2.46. The van der Waals surface area contributed by atoms with Crippen LogP contribution in [0.3, 0.4) is 0 Å². The van der Waals surface area contributed by atoms with Crippen molar-refractivity contribution in [1.82, 2.24) is 0 Å². The van der Waals surface area contributed by atoms with Gasteiger partial charge in [-0.25, -0.2) is 0 Å². The SMILES string of the molecule is CC1CCCC(CC2CCCCCCCCC2)CC1. The van der Waals surface area contributed by atoms with Gasteiger partial charge in [0.2, 0.25) is 0 Å². The molecule has 0 aromatic rings. The summed E-state index contributed by atoms with van der Waals surface area (Å²) in [6.07, 6.45) is 22.9. The molecule has 0 heteroatoms. The second kappa shape index (κ2) is 9.03. The fourth-order valence-corrected chi connectivity index (χ4v) is 4.40. The molecule has 2 aliphatic rings. The molecule has 2 atom stereocenters. The summed E-state index contributed by atoms with van der Waals surface area (Å²) >= 11 is 0. The second-order valence-corrected chi connectivity index (χ2v) is 7.63. The molecule has 0 aromatic heterocycles. The smallest absolute Gasteiger partial charge is 0.0412 e. The average Bonchev–Trinajstić information content (AvgIpc) is 2.62. The van der Waals surface area contributed by atoms with E-state index in [2.05, 4.69) is 6.92 Å². The van der Waals surface area contributed by atoms with Crippen LogP contribution in [-0.2, 0) is 0 Å². The maximum Gasteiger partial charge on any atom is -0.0412 e. The molecule has 2 fully saturated rings. The lowest BCUT2D eigenvalue weighted by molar-refractivity contribution is 0.290. The summed E-state index contributed by atoms with van der Waals surface area (Å²) < 4.78 is 0. The number of hydrogen-bond donors (Lipinski definition) is 0. The van der Waals surface area contributed by atoms with Crippen molar-refractivity contribution in [2.24, 2.45) is 17.8 Å². The summed E-state index contributed by atoms with van der Waals surface area (Å²) in [4.78, 5) is 0. The highest BCUT2D eigenvalue weighted by atomic mass is 14.3. The van der Waals surface area contributed by atoms with E-state index >= 15 is 0 Å². The van der Waals surface area contributed by atoms with E-state index in [9.17, 15) is 0 Å². The lowest BCUT2D eigenvalue weighted by Gasteiger charge is -2.23. The van der Waals surface area contributed by atoms with E-state index in [1.54, 1.807) is 25.7 Å². The van der Waals surface area contributed by atoms with Crippen LogP contribution in [0.2, 0.25) is 0 Å². The van der Waals surface area contributed by atoms with Crippen LogP contribution in [-0.4, -0.2) is 0 Å². The molecule has 0 nitrogen and oxygen atoms in total. The third kappa shape index (κ3) is 6.32. The van der Waals surface area contributed by atoms with E-state index in [0.29, 0.717) is 0 Å². The van der Waals surface area contributed by atoms with Gasteiger partial charge < -0.3 is 0 Å². The van der Waals surface area contributed by atoms with Crippen molar-refractivity contribution in [2.75, 3.05) is 0 Å². The molecule has 0 amide bonds. The van der Waals surface area contributed by atoms with E-state index in [0.717, 1.165) is 17.8 Å². The number of hydrogen-bond acceptors (Lipinski definition) is 0. The van der Waals surface area contributed by atoms with Crippen molar-refractivity contribution in [2.45, 2.75) is 103 Å². The first-order valence-electron chi connectivity index (χ1n) is 9.34. The van der Waals surface area contributed by atoms with E-state index in [1.807, 2.05) is 0 Å². The normalized spacial score (nSPS) is 32.7. The van der Waals surface area contributed by atoms with Gasteiger partial charge in [-0.1, -0.05) is 96.8 Å². The third-order valence-electron chi connectivity index (χ3n) is 5.77. The Morgan fingerprint density at radius 2 is 1.05 bits per heavy atom. The Hall–Kier alpha value is 0. The topological polar surface area (TPSA) is 0 Å². The van der Waals surface area contributed by atoms with Crippen LogP contribution < -0.4 is 0 Å². The lowest BCUT2D eigenvalue weighted by Crippen LogP contribution is -2.10. The van der Waals surface area contributed by atoms with Gasteiger partial charge in [0.25, 0.3) is 0 Å². The predicted octanol–water partition coefficient (Wildman–Crippen LogP) is 6.73. The second-order valence-electron chi connectivity index (χ2n) is 7.63. The zero-order chi connectivity index (χ0) is 13.3. The van der Waals surface area contributed by atoms with Gasteiger partial charge in [0.1, 0.15) is 0 Å². The van der Waals surface area contributed by atoms with Crippen molar-refractivity contribution in [1.29, 1.82) is 0 Å². The van der Waals surface area contributed by atoms with Crippen LogP contribution in [0.5, 0.6) is 0 Å². The van der Waals surface area contributed by atoms with Gasteiger partial charge in [-0.2, -0.15) is 0 Å². The van der Waals surface area contributed by atoms with Gasteiger partial charge in [-0.3, -0.25) is 0 Å². The molecule has 2 saturated carbocycles. The maximum atomic E-state index is 2.46. The van der Waals surface area contributed by atoms with Crippen molar-refractivity contribution >= 4 is 0 Å². The van der Waals surface area contributed by atoms with E-state index < -0.39 is 0 Å². The molecule has 112 valence electrons. The summed E-state index contributed by atoms with van der Waals surface area (Å²) in [5, 5.41) is 0. The Labute approximate surface area is 121 Å². The molecule has 0 aromatic carbocycles. The zero-order valence-electron chi connectivity index (χ0n) is 13.3. The van der Waals surface area contributed by atoms with E-state index in [1.165, 1.54) is 70.6 Å². The van der Waals surface area contributed by atoms with Crippen LogP contribution in [0.4, 0.5) is 0 Å². The molecule has 2 rings (SSSR count). The third-order valence-corrected chi connectivity index (χ3v) is 5.77. The quantitative estimate of drug-likeness (QED) is 0.485. The summed E-state index contributed by atoms with van der Waals surface area (Å²) in [6, 6.07) is 0. The van der Waals surface area contributed by atoms with Crippen LogP contribution >= 0.6 is 0 Å². The summed E-state index contributed by atoms with van der Waals surface area (Å²) in [6.45, 7) is 2.46. The summed E-state index contributed by atoms with van der Waals surface area (Å²) in [7, 11) is 0. The first kappa shape index (κ1) is 15.4. The molecule has 2 aliphatic carbocycles. The first-order chi connectivity index (χ1) is 9.34. The van der Waals surface area contributed by atoms with Gasteiger partial charge in [-0.05, 0) is 24.2 Å². The fraction of sp³-hybridized carbons (Fsp3) is 1.00. The van der Waals surface area contributed by atoms with Crippen molar-refractivity contribution in [3.05, 3.63) is 0 Å². The van der Waals surface area contributed by atoms with Crippen LogP contribution in [0.25, 0.3) is 0 Å². The molecule has 0 spiro atoms. The molecule has 2 unspecified atom stereocenters. The zero-order valence-corrected chi connectivity index (χ0v) is 13.3. The minimum Gasteiger partial charge on any atom is -0.0625 e. The van der Waals surface area contributed by atoms with Crippen LogP contribution in [0.1, 0.15) is 103 Å². The molecular weight excluding hydrogens is 228 g/mol. The lowest BCUT2D eigenvalue weighted by atomic mass is 9.82. The number of rotatable bonds is 2. The largest absolute Gasteiger partial charge is 0.0625 e. The molecule has 0 N–H and O–H groups in total. The van der Waals surface area contributed by atoms with Crippen molar-refractivity contribution < 1.29 is 0 Å². The van der Waals surface area contributed by atoms with E-state index in [-0.39, 0.29) is 0 Å². The van der Waals surface area contributed by atoms with Crippen LogP contribution in [0, 0.1) is 17.8 Å². The Morgan fingerprint density at radius 1 is 0.526 bits per heavy atom. The minimum atomic E-state index is 1.01. The highest BCUT2D eigenvalue weighted by Crippen LogP contribution is 2.34. The van der Waals surface area contributed by atoms with Crippen molar-refractivity contribution in [3.63, 3.8) is 0 Å². The molecular formula is C19H36. The monoisotopic (exact) mass is 264 g/mol. The fourth-order valence-electron chi connectivity index (χ4n) is 4.40. The average molecular weight is 264 g/mol. The van der Waals surface area contributed by atoms with Crippen LogP contribution in [0.15, 0.2) is 0 Å². The van der Waals surface area contributed by atoms with Gasteiger partial charge in [0, 0.05) is 0 Å². The molecule has 0 radical (unpaired) electrons. The Balaban J connectivity index is 1.74. The molecule has 0 bridgehead atoms.